The van der Waals surface area contributed by atoms with Crippen LogP contribution in [0.2, 0.25) is 5.28 Å². The maximum absolute atomic E-state index is 6.22. The molecule has 0 fully saturated rings. The molecule has 5 heteroatoms. The van der Waals surface area contributed by atoms with Crippen LogP contribution in [0.15, 0.2) is 89.3 Å². The van der Waals surface area contributed by atoms with E-state index in [4.69, 9.17) is 16.0 Å². The molecular formula is C25H14ClN3O. The Morgan fingerprint density at radius 1 is 0.600 bits per heavy atom. The number of benzene rings is 4. The van der Waals surface area contributed by atoms with Gasteiger partial charge in [-0.25, -0.2) is 4.98 Å². The third-order valence-corrected chi connectivity index (χ3v) is 5.43. The van der Waals surface area contributed by atoms with Gasteiger partial charge in [-0.1, -0.05) is 66.7 Å². The molecule has 2 heterocycles. The van der Waals surface area contributed by atoms with Crippen LogP contribution in [0.5, 0.6) is 0 Å². The van der Waals surface area contributed by atoms with Crippen molar-refractivity contribution in [1.82, 2.24) is 15.0 Å². The van der Waals surface area contributed by atoms with E-state index < -0.39 is 0 Å². The topological polar surface area (TPSA) is 51.8 Å². The summed E-state index contributed by atoms with van der Waals surface area (Å²) in [6, 6.07) is 28.1. The van der Waals surface area contributed by atoms with E-state index in [2.05, 4.69) is 39.2 Å². The number of para-hydroxylation sites is 1. The van der Waals surface area contributed by atoms with Crippen LogP contribution < -0.4 is 0 Å². The van der Waals surface area contributed by atoms with E-state index in [1.807, 2.05) is 60.7 Å². The fourth-order valence-corrected chi connectivity index (χ4v) is 4.05. The monoisotopic (exact) mass is 407 g/mol. The van der Waals surface area contributed by atoms with E-state index >= 15 is 0 Å². The Morgan fingerprint density at radius 3 is 2.23 bits per heavy atom. The highest BCUT2D eigenvalue weighted by Gasteiger charge is 2.13. The fourth-order valence-electron chi connectivity index (χ4n) is 3.89. The second-order valence-corrected chi connectivity index (χ2v) is 7.43. The van der Waals surface area contributed by atoms with Crippen molar-refractivity contribution in [3.05, 3.63) is 90.2 Å². The van der Waals surface area contributed by atoms with Crippen molar-refractivity contribution in [2.75, 3.05) is 0 Å². The van der Waals surface area contributed by atoms with Gasteiger partial charge in [0.25, 0.3) is 0 Å². The van der Waals surface area contributed by atoms with Crippen LogP contribution in [-0.2, 0) is 0 Å². The van der Waals surface area contributed by atoms with Crippen molar-refractivity contribution in [3.8, 4) is 22.8 Å². The van der Waals surface area contributed by atoms with Crippen molar-refractivity contribution in [3.63, 3.8) is 0 Å². The first-order chi connectivity index (χ1) is 14.8. The highest BCUT2D eigenvalue weighted by atomic mass is 35.5. The smallest absolute Gasteiger partial charge is 0.226 e. The van der Waals surface area contributed by atoms with Gasteiger partial charge >= 0.3 is 0 Å². The standard InChI is InChI=1S/C25H14ClN3O/c26-25-28-23(15-6-2-1-3-7-15)27-24(29-25)17-10-12-18-16(14-17)11-13-21-22(18)19-8-4-5-9-20(19)30-21/h1-14H. The van der Waals surface area contributed by atoms with E-state index in [1.54, 1.807) is 0 Å². The predicted molar refractivity (Wildman–Crippen MR) is 120 cm³/mol. The minimum absolute atomic E-state index is 0.176. The van der Waals surface area contributed by atoms with Gasteiger partial charge in [0.2, 0.25) is 5.28 Å². The lowest BCUT2D eigenvalue weighted by atomic mass is 10.0. The Kier molecular flexibility index (Phi) is 3.79. The molecule has 6 rings (SSSR count). The predicted octanol–water partition coefficient (Wildman–Crippen LogP) is 6.91. The summed E-state index contributed by atoms with van der Waals surface area (Å²) < 4.78 is 6.01. The maximum Gasteiger partial charge on any atom is 0.226 e. The van der Waals surface area contributed by atoms with Gasteiger partial charge in [0.15, 0.2) is 11.6 Å². The Morgan fingerprint density at radius 2 is 1.37 bits per heavy atom. The van der Waals surface area contributed by atoms with E-state index in [0.29, 0.717) is 11.6 Å². The van der Waals surface area contributed by atoms with Gasteiger partial charge in [-0.05, 0) is 40.6 Å². The molecule has 0 radical (unpaired) electrons. The number of fused-ring (bicyclic) bond motifs is 5. The summed E-state index contributed by atoms with van der Waals surface area (Å²) in [7, 11) is 0. The lowest BCUT2D eigenvalue weighted by Gasteiger charge is -2.07. The van der Waals surface area contributed by atoms with Gasteiger partial charge in [0.1, 0.15) is 11.2 Å². The molecule has 4 aromatic carbocycles. The van der Waals surface area contributed by atoms with Gasteiger partial charge in [0.05, 0.1) is 0 Å². The van der Waals surface area contributed by atoms with Crippen molar-refractivity contribution >= 4 is 44.3 Å². The molecular weight excluding hydrogens is 394 g/mol. The first kappa shape index (κ1) is 17.1. The zero-order valence-electron chi connectivity index (χ0n) is 15.7. The van der Waals surface area contributed by atoms with Crippen LogP contribution in [-0.4, -0.2) is 15.0 Å². The molecule has 0 amide bonds. The van der Waals surface area contributed by atoms with Crippen molar-refractivity contribution in [2.45, 2.75) is 0 Å². The third kappa shape index (κ3) is 2.73. The highest BCUT2D eigenvalue weighted by Crippen LogP contribution is 2.35. The van der Waals surface area contributed by atoms with Gasteiger partial charge in [-0.15, -0.1) is 0 Å². The minimum Gasteiger partial charge on any atom is -0.456 e. The van der Waals surface area contributed by atoms with Crippen LogP contribution in [0.25, 0.3) is 55.5 Å². The van der Waals surface area contributed by atoms with Crippen molar-refractivity contribution in [1.29, 1.82) is 0 Å². The molecule has 0 saturated carbocycles. The summed E-state index contributed by atoms with van der Waals surface area (Å²) in [5.41, 5.74) is 3.55. The lowest BCUT2D eigenvalue weighted by Crippen LogP contribution is -1.97. The Hall–Kier alpha value is -3.76. The second-order valence-electron chi connectivity index (χ2n) is 7.09. The van der Waals surface area contributed by atoms with Crippen LogP contribution in [0.3, 0.4) is 0 Å². The first-order valence-electron chi connectivity index (χ1n) is 9.58. The fraction of sp³-hybridized carbons (Fsp3) is 0. The van der Waals surface area contributed by atoms with Gasteiger partial charge < -0.3 is 4.42 Å². The Bertz CT molecular complexity index is 1560. The van der Waals surface area contributed by atoms with E-state index in [9.17, 15) is 0 Å². The van der Waals surface area contributed by atoms with Crippen molar-refractivity contribution < 1.29 is 4.42 Å². The number of aromatic nitrogens is 3. The normalized spacial score (nSPS) is 11.5. The first-order valence-corrected chi connectivity index (χ1v) is 9.95. The molecule has 4 nitrogen and oxygen atoms in total. The van der Waals surface area contributed by atoms with Crippen LogP contribution in [0.1, 0.15) is 0 Å². The summed E-state index contributed by atoms with van der Waals surface area (Å²) in [6.07, 6.45) is 0. The molecule has 0 aliphatic carbocycles. The average Bonchev–Trinajstić information content (AvgIpc) is 3.18. The Balaban J connectivity index is 1.55. The average molecular weight is 408 g/mol. The number of halogens is 1. The molecule has 142 valence electrons. The number of nitrogens with zero attached hydrogens (tertiary/aromatic N) is 3. The summed E-state index contributed by atoms with van der Waals surface area (Å²) in [4.78, 5) is 13.3. The summed E-state index contributed by atoms with van der Waals surface area (Å²) >= 11 is 6.22. The molecule has 0 aliphatic heterocycles. The zero-order chi connectivity index (χ0) is 20.1. The second kappa shape index (κ2) is 6.65. The van der Waals surface area contributed by atoms with Crippen molar-refractivity contribution in [2.24, 2.45) is 0 Å². The maximum atomic E-state index is 6.22. The largest absolute Gasteiger partial charge is 0.456 e. The van der Waals surface area contributed by atoms with E-state index in [1.165, 1.54) is 0 Å². The Labute approximate surface area is 176 Å². The third-order valence-electron chi connectivity index (χ3n) is 5.26. The number of furan rings is 1. The number of hydrogen-bond donors (Lipinski definition) is 0. The summed E-state index contributed by atoms with van der Waals surface area (Å²) in [5.74, 6) is 1.11. The van der Waals surface area contributed by atoms with Gasteiger partial charge in [-0.2, -0.15) is 9.97 Å². The molecule has 0 unspecified atom stereocenters. The molecule has 0 atom stereocenters. The quantitative estimate of drug-likeness (QED) is 0.313. The molecule has 0 aliphatic rings. The lowest BCUT2D eigenvalue weighted by molar-refractivity contribution is 0.669. The molecule has 0 bridgehead atoms. The molecule has 0 saturated heterocycles. The minimum atomic E-state index is 0.176. The number of hydrogen-bond acceptors (Lipinski definition) is 4. The zero-order valence-corrected chi connectivity index (χ0v) is 16.5. The van der Waals surface area contributed by atoms with Crippen LogP contribution in [0, 0.1) is 0 Å². The SMILES string of the molecule is Clc1nc(-c2ccccc2)nc(-c2ccc3c(ccc4oc5ccccc5c43)c2)n1. The highest BCUT2D eigenvalue weighted by molar-refractivity contribution is 6.28. The molecule has 30 heavy (non-hydrogen) atoms. The molecule has 6 aromatic rings. The molecule has 0 spiro atoms. The van der Waals surface area contributed by atoms with E-state index in [0.717, 1.165) is 43.8 Å². The van der Waals surface area contributed by atoms with Gasteiger partial charge in [0, 0.05) is 21.9 Å². The summed E-state index contributed by atoms with van der Waals surface area (Å²) in [6.45, 7) is 0. The van der Waals surface area contributed by atoms with Gasteiger partial charge in [-0.3, -0.25) is 0 Å². The molecule has 2 aromatic heterocycles. The summed E-state index contributed by atoms with van der Waals surface area (Å²) in [5, 5.41) is 4.62. The van der Waals surface area contributed by atoms with E-state index in [-0.39, 0.29) is 5.28 Å². The van der Waals surface area contributed by atoms with Crippen LogP contribution in [0.4, 0.5) is 0 Å². The molecule has 0 N–H and O–H groups in total. The van der Waals surface area contributed by atoms with Crippen LogP contribution >= 0.6 is 11.6 Å². The number of rotatable bonds is 2.